The molecule has 0 aromatic heterocycles. The summed E-state index contributed by atoms with van der Waals surface area (Å²) in [5, 5.41) is 10.5. The van der Waals surface area contributed by atoms with E-state index in [1.165, 1.54) is 4.90 Å². The van der Waals surface area contributed by atoms with Crippen LogP contribution in [0.1, 0.15) is 6.42 Å². The number of rotatable bonds is 2. The summed E-state index contributed by atoms with van der Waals surface area (Å²) in [6.45, 7) is 0.172. The first-order chi connectivity index (χ1) is 8.40. The molecule has 0 radical (unpaired) electrons. The van der Waals surface area contributed by atoms with Gasteiger partial charge in [0.05, 0.1) is 20.8 Å². The van der Waals surface area contributed by atoms with Crippen LogP contribution in [0, 0.1) is 15.9 Å². The topological polar surface area (TPSA) is 63.5 Å². The van der Waals surface area contributed by atoms with Crippen molar-refractivity contribution in [3.63, 3.8) is 0 Å². The number of nitrogens with zero attached hydrogens (tertiary/aromatic N) is 2. The summed E-state index contributed by atoms with van der Waals surface area (Å²) in [6, 6.07) is 1.87. The van der Waals surface area contributed by atoms with E-state index in [2.05, 4.69) is 15.9 Å². The van der Waals surface area contributed by atoms with Gasteiger partial charge < -0.3 is 4.90 Å². The molecule has 1 aromatic carbocycles. The highest BCUT2D eigenvalue weighted by atomic mass is 79.9. The second kappa shape index (κ2) is 4.81. The number of hydrogen-bond donors (Lipinski definition) is 0. The number of halogens is 3. The zero-order valence-corrected chi connectivity index (χ0v) is 11.2. The van der Waals surface area contributed by atoms with Gasteiger partial charge in [-0.1, -0.05) is 0 Å². The monoisotopic (exact) mass is 336 g/mol. The van der Waals surface area contributed by atoms with E-state index in [1.54, 1.807) is 0 Å². The molecule has 1 atom stereocenters. The minimum atomic E-state index is -0.744. The molecule has 1 aromatic rings. The highest BCUT2D eigenvalue weighted by molar-refractivity contribution is 9.10. The van der Waals surface area contributed by atoms with Gasteiger partial charge in [0.25, 0.3) is 5.69 Å². The molecule has 2 rings (SSSR count). The minimum absolute atomic E-state index is 0.0505. The molecule has 0 aliphatic carbocycles. The largest absolute Gasteiger partial charge is 0.304 e. The first-order valence-corrected chi connectivity index (χ1v) is 6.21. The first-order valence-electron chi connectivity index (χ1n) is 4.98. The number of carbonyl (C=O) groups excluding carboxylic acids is 1. The standard InChI is InChI=1S/C10H7BrClFN2O3/c11-7-2-6(13)3-8(15(17)18)10(7)14-4-5(12)1-9(14)16/h2-3,5H,1,4H2. The molecular weight excluding hydrogens is 330 g/mol. The lowest BCUT2D eigenvalue weighted by molar-refractivity contribution is -0.384. The fourth-order valence-electron chi connectivity index (χ4n) is 1.84. The van der Waals surface area contributed by atoms with E-state index in [0.29, 0.717) is 0 Å². The van der Waals surface area contributed by atoms with Crippen molar-refractivity contribution in [1.29, 1.82) is 0 Å². The maximum Gasteiger partial charge on any atom is 0.297 e. The van der Waals surface area contributed by atoms with Crippen molar-refractivity contribution in [2.24, 2.45) is 0 Å². The molecular formula is C10H7BrClFN2O3. The molecule has 1 aliphatic rings. The zero-order valence-electron chi connectivity index (χ0n) is 8.90. The van der Waals surface area contributed by atoms with E-state index in [-0.39, 0.29) is 29.0 Å². The molecule has 8 heteroatoms. The first kappa shape index (κ1) is 13.2. The van der Waals surface area contributed by atoms with Gasteiger partial charge in [0, 0.05) is 13.0 Å². The van der Waals surface area contributed by atoms with E-state index in [4.69, 9.17) is 11.6 Å². The minimum Gasteiger partial charge on any atom is -0.304 e. The van der Waals surface area contributed by atoms with Crippen molar-refractivity contribution < 1.29 is 14.1 Å². The molecule has 0 N–H and O–H groups in total. The van der Waals surface area contributed by atoms with Crippen molar-refractivity contribution in [1.82, 2.24) is 0 Å². The fourth-order valence-corrected chi connectivity index (χ4v) is 2.74. The van der Waals surface area contributed by atoms with Crippen LogP contribution >= 0.6 is 27.5 Å². The molecule has 0 bridgehead atoms. The van der Waals surface area contributed by atoms with Gasteiger partial charge in [-0.15, -0.1) is 11.6 Å². The number of anilines is 1. The predicted octanol–water partition coefficient (Wildman–Crippen LogP) is 2.84. The molecule has 96 valence electrons. The second-order valence-corrected chi connectivity index (χ2v) is 5.29. The maximum atomic E-state index is 13.2. The van der Waals surface area contributed by atoms with Crippen LogP contribution in [0.2, 0.25) is 0 Å². The molecule has 1 saturated heterocycles. The van der Waals surface area contributed by atoms with Gasteiger partial charge in [-0.2, -0.15) is 0 Å². The quantitative estimate of drug-likeness (QED) is 0.473. The highest BCUT2D eigenvalue weighted by Crippen LogP contribution is 2.39. The highest BCUT2D eigenvalue weighted by Gasteiger charge is 2.35. The Bertz CT molecular complexity index is 540. The number of nitro groups is 1. The summed E-state index contributed by atoms with van der Waals surface area (Å²) in [5.41, 5.74) is -0.407. The Morgan fingerprint density at radius 3 is 2.72 bits per heavy atom. The number of alkyl halides is 1. The maximum absolute atomic E-state index is 13.2. The van der Waals surface area contributed by atoms with Crippen LogP contribution in [-0.2, 0) is 4.79 Å². The van der Waals surface area contributed by atoms with Crippen molar-refractivity contribution in [3.05, 3.63) is 32.5 Å². The van der Waals surface area contributed by atoms with Crippen LogP contribution in [-0.4, -0.2) is 22.8 Å². The lowest BCUT2D eigenvalue weighted by Gasteiger charge is -2.17. The Morgan fingerprint density at radius 2 is 2.22 bits per heavy atom. The van der Waals surface area contributed by atoms with Gasteiger partial charge in [0.15, 0.2) is 0 Å². The lowest BCUT2D eigenvalue weighted by Crippen LogP contribution is -2.26. The van der Waals surface area contributed by atoms with Gasteiger partial charge in [-0.3, -0.25) is 14.9 Å². The fraction of sp³-hybridized carbons (Fsp3) is 0.300. The van der Waals surface area contributed by atoms with Crippen LogP contribution in [0.3, 0.4) is 0 Å². The van der Waals surface area contributed by atoms with E-state index in [9.17, 15) is 19.3 Å². The molecule has 18 heavy (non-hydrogen) atoms. The molecule has 1 unspecified atom stereocenters. The van der Waals surface area contributed by atoms with Gasteiger partial charge in [0.1, 0.15) is 11.5 Å². The van der Waals surface area contributed by atoms with Crippen LogP contribution in [0.4, 0.5) is 15.8 Å². The normalized spacial score (nSPS) is 19.4. The van der Waals surface area contributed by atoms with Gasteiger partial charge in [-0.25, -0.2) is 4.39 Å². The van der Waals surface area contributed by atoms with Gasteiger partial charge >= 0.3 is 0 Å². The van der Waals surface area contributed by atoms with Crippen LogP contribution < -0.4 is 4.90 Å². The molecule has 5 nitrogen and oxygen atoms in total. The SMILES string of the molecule is O=C1CC(Cl)CN1c1c(Br)cc(F)cc1[N+](=O)[O-]. The van der Waals surface area contributed by atoms with Crippen molar-refractivity contribution >= 4 is 44.8 Å². The predicted molar refractivity (Wildman–Crippen MR) is 67.4 cm³/mol. The average Bonchev–Trinajstić information content (AvgIpc) is 2.56. The average molecular weight is 338 g/mol. The number of carbonyl (C=O) groups is 1. The lowest BCUT2D eigenvalue weighted by atomic mass is 10.2. The Kier molecular flexibility index (Phi) is 3.54. The molecule has 1 fully saturated rings. The third kappa shape index (κ3) is 2.32. The molecule has 0 saturated carbocycles. The molecule has 1 heterocycles. The summed E-state index contributed by atoms with van der Waals surface area (Å²) in [4.78, 5) is 23.1. The van der Waals surface area contributed by atoms with Crippen LogP contribution in [0.25, 0.3) is 0 Å². The van der Waals surface area contributed by atoms with Crippen molar-refractivity contribution in [2.75, 3.05) is 11.4 Å². The van der Waals surface area contributed by atoms with Gasteiger partial charge in [-0.05, 0) is 22.0 Å². The Balaban J connectivity index is 2.56. The molecule has 1 aliphatic heterocycles. The van der Waals surface area contributed by atoms with Crippen LogP contribution in [0.5, 0.6) is 0 Å². The summed E-state index contributed by atoms with van der Waals surface area (Å²) < 4.78 is 13.3. The number of nitro benzene ring substituents is 1. The summed E-state index contributed by atoms with van der Waals surface area (Å²) in [7, 11) is 0. The van der Waals surface area contributed by atoms with Crippen LogP contribution in [0.15, 0.2) is 16.6 Å². The van der Waals surface area contributed by atoms with E-state index in [0.717, 1.165) is 12.1 Å². The second-order valence-electron chi connectivity index (χ2n) is 3.82. The van der Waals surface area contributed by atoms with Gasteiger partial charge in [0.2, 0.25) is 5.91 Å². The molecule has 0 spiro atoms. The van der Waals surface area contributed by atoms with E-state index < -0.39 is 21.8 Å². The third-order valence-electron chi connectivity index (χ3n) is 2.55. The molecule has 1 amide bonds. The number of amides is 1. The Labute approximate surface area is 115 Å². The summed E-state index contributed by atoms with van der Waals surface area (Å²) in [5.74, 6) is -1.06. The smallest absolute Gasteiger partial charge is 0.297 e. The Morgan fingerprint density at radius 1 is 1.56 bits per heavy atom. The third-order valence-corrected chi connectivity index (χ3v) is 3.45. The Hall–Kier alpha value is -1.21. The van der Waals surface area contributed by atoms with Crippen molar-refractivity contribution in [2.45, 2.75) is 11.8 Å². The zero-order chi connectivity index (χ0) is 13.4. The summed E-state index contributed by atoms with van der Waals surface area (Å²) in [6.07, 6.45) is 0.114. The summed E-state index contributed by atoms with van der Waals surface area (Å²) >= 11 is 8.89. The number of benzene rings is 1. The van der Waals surface area contributed by atoms with Crippen molar-refractivity contribution in [3.8, 4) is 0 Å². The number of hydrogen-bond acceptors (Lipinski definition) is 3. The van der Waals surface area contributed by atoms with E-state index in [1.807, 2.05) is 0 Å². The van der Waals surface area contributed by atoms with E-state index >= 15 is 0 Å².